The SMILES string of the molecule is CCC(CNc1cc(Br)ccc1C(N)=O)CC(=O)O. The number of anilines is 1. The lowest BCUT2D eigenvalue weighted by Crippen LogP contribution is -2.20. The first-order valence-electron chi connectivity index (χ1n) is 5.99. The normalized spacial score (nSPS) is 11.9. The van der Waals surface area contributed by atoms with Gasteiger partial charge >= 0.3 is 5.97 Å². The fourth-order valence-corrected chi connectivity index (χ4v) is 2.10. The fraction of sp³-hybridized carbons (Fsp3) is 0.385. The summed E-state index contributed by atoms with van der Waals surface area (Å²) in [5, 5.41) is 11.9. The minimum Gasteiger partial charge on any atom is -0.481 e. The van der Waals surface area contributed by atoms with Gasteiger partial charge in [0.05, 0.1) is 5.56 Å². The molecule has 0 bridgehead atoms. The van der Waals surface area contributed by atoms with E-state index in [0.717, 1.165) is 10.9 Å². The summed E-state index contributed by atoms with van der Waals surface area (Å²) >= 11 is 3.32. The maximum atomic E-state index is 11.3. The van der Waals surface area contributed by atoms with Gasteiger partial charge < -0.3 is 16.2 Å². The van der Waals surface area contributed by atoms with E-state index in [9.17, 15) is 9.59 Å². The molecular formula is C13H17BrN2O3. The zero-order valence-corrected chi connectivity index (χ0v) is 12.2. The molecule has 0 aromatic heterocycles. The van der Waals surface area contributed by atoms with Crippen molar-refractivity contribution < 1.29 is 14.7 Å². The van der Waals surface area contributed by atoms with Crippen molar-refractivity contribution in [3.05, 3.63) is 28.2 Å². The third-order valence-corrected chi connectivity index (χ3v) is 3.36. The van der Waals surface area contributed by atoms with E-state index >= 15 is 0 Å². The van der Waals surface area contributed by atoms with Crippen LogP contribution in [0.4, 0.5) is 5.69 Å². The van der Waals surface area contributed by atoms with Gasteiger partial charge in [-0.2, -0.15) is 0 Å². The van der Waals surface area contributed by atoms with E-state index in [2.05, 4.69) is 21.2 Å². The number of halogens is 1. The first-order valence-corrected chi connectivity index (χ1v) is 6.78. The van der Waals surface area contributed by atoms with Crippen molar-refractivity contribution >= 4 is 33.5 Å². The van der Waals surface area contributed by atoms with Gasteiger partial charge in [-0.25, -0.2) is 0 Å². The minimum absolute atomic E-state index is 0.0113. The topological polar surface area (TPSA) is 92.4 Å². The number of hydrogen-bond acceptors (Lipinski definition) is 3. The van der Waals surface area contributed by atoms with Gasteiger partial charge in [0.1, 0.15) is 0 Å². The molecule has 1 unspecified atom stereocenters. The summed E-state index contributed by atoms with van der Waals surface area (Å²) in [5.41, 5.74) is 6.31. The third-order valence-electron chi connectivity index (χ3n) is 2.87. The zero-order chi connectivity index (χ0) is 14.4. The zero-order valence-electron chi connectivity index (χ0n) is 10.6. The second-order valence-corrected chi connectivity index (χ2v) is 5.22. The van der Waals surface area contributed by atoms with Crippen molar-refractivity contribution in [1.29, 1.82) is 0 Å². The fourth-order valence-electron chi connectivity index (χ4n) is 1.74. The molecule has 104 valence electrons. The summed E-state index contributed by atoms with van der Waals surface area (Å²) < 4.78 is 0.825. The van der Waals surface area contributed by atoms with Crippen molar-refractivity contribution in [3.8, 4) is 0 Å². The van der Waals surface area contributed by atoms with Crippen LogP contribution in [0.3, 0.4) is 0 Å². The molecule has 1 aromatic rings. The van der Waals surface area contributed by atoms with Gasteiger partial charge in [-0.3, -0.25) is 9.59 Å². The van der Waals surface area contributed by atoms with Crippen LogP contribution < -0.4 is 11.1 Å². The number of carbonyl (C=O) groups excluding carboxylic acids is 1. The molecule has 0 saturated carbocycles. The predicted octanol–water partition coefficient (Wildman–Crippen LogP) is 2.46. The second-order valence-electron chi connectivity index (χ2n) is 4.31. The summed E-state index contributed by atoms with van der Waals surface area (Å²) in [7, 11) is 0. The van der Waals surface area contributed by atoms with Crippen LogP contribution in [-0.2, 0) is 4.79 Å². The Labute approximate surface area is 120 Å². The van der Waals surface area contributed by atoms with E-state index in [1.807, 2.05) is 6.92 Å². The molecule has 0 aliphatic rings. The highest BCUT2D eigenvalue weighted by atomic mass is 79.9. The van der Waals surface area contributed by atoms with Crippen LogP contribution in [-0.4, -0.2) is 23.5 Å². The molecule has 0 heterocycles. The molecule has 0 saturated heterocycles. The van der Waals surface area contributed by atoms with Crippen LogP contribution in [0.1, 0.15) is 30.1 Å². The Balaban J connectivity index is 2.78. The Morgan fingerprint density at radius 1 is 1.47 bits per heavy atom. The average Bonchev–Trinajstić information content (AvgIpc) is 2.33. The number of nitrogens with two attached hydrogens (primary N) is 1. The van der Waals surface area contributed by atoms with E-state index in [1.54, 1.807) is 18.2 Å². The Morgan fingerprint density at radius 2 is 2.16 bits per heavy atom. The molecule has 1 atom stereocenters. The predicted molar refractivity (Wildman–Crippen MR) is 77.2 cm³/mol. The quantitative estimate of drug-likeness (QED) is 0.716. The molecule has 1 amide bonds. The number of primary amides is 1. The minimum atomic E-state index is -0.821. The number of aliphatic carboxylic acids is 1. The summed E-state index contributed by atoms with van der Waals surface area (Å²) in [6.45, 7) is 2.42. The lowest BCUT2D eigenvalue weighted by Gasteiger charge is -2.16. The third kappa shape index (κ3) is 4.90. The van der Waals surface area contributed by atoms with E-state index in [-0.39, 0.29) is 12.3 Å². The summed E-state index contributed by atoms with van der Waals surface area (Å²) in [5.74, 6) is -1.32. The lowest BCUT2D eigenvalue weighted by molar-refractivity contribution is -0.138. The number of hydrogen-bond donors (Lipinski definition) is 3. The highest BCUT2D eigenvalue weighted by molar-refractivity contribution is 9.10. The average molecular weight is 329 g/mol. The molecule has 19 heavy (non-hydrogen) atoms. The number of rotatable bonds is 7. The van der Waals surface area contributed by atoms with Gasteiger partial charge in [-0.05, 0) is 24.1 Å². The lowest BCUT2D eigenvalue weighted by atomic mass is 10.0. The molecule has 1 rings (SSSR count). The van der Waals surface area contributed by atoms with E-state index in [4.69, 9.17) is 10.8 Å². The molecule has 0 radical (unpaired) electrons. The number of carbonyl (C=O) groups is 2. The molecular weight excluding hydrogens is 312 g/mol. The molecule has 0 fully saturated rings. The first kappa shape index (κ1) is 15.5. The van der Waals surface area contributed by atoms with E-state index in [1.165, 1.54) is 0 Å². The number of nitrogens with one attached hydrogen (secondary N) is 1. The largest absolute Gasteiger partial charge is 0.481 e. The van der Waals surface area contributed by atoms with Gasteiger partial charge in [0, 0.05) is 23.1 Å². The maximum absolute atomic E-state index is 11.3. The van der Waals surface area contributed by atoms with Gasteiger partial charge in [0.25, 0.3) is 5.91 Å². The Morgan fingerprint density at radius 3 is 2.68 bits per heavy atom. The van der Waals surface area contributed by atoms with Crippen LogP contribution in [0, 0.1) is 5.92 Å². The summed E-state index contributed by atoms with van der Waals surface area (Å²) in [6.07, 6.45) is 0.850. The van der Waals surface area contributed by atoms with Gasteiger partial charge in [-0.1, -0.05) is 29.3 Å². The van der Waals surface area contributed by atoms with E-state index in [0.29, 0.717) is 17.8 Å². The van der Waals surface area contributed by atoms with Crippen LogP contribution in [0.25, 0.3) is 0 Å². The molecule has 0 aliphatic carbocycles. The summed E-state index contributed by atoms with van der Waals surface area (Å²) in [4.78, 5) is 22.0. The van der Waals surface area contributed by atoms with Gasteiger partial charge in [-0.15, -0.1) is 0 Å². The Kier molecular flexibility index (Phi) is 5.82. The Bertz CT molecular complexity index is 477. The molecule has 1 aromatic carbocycles. The van der Waals surface area contributed by atoms with Crippen molar-refractivity contribution in [2.75, 3.05) is 11.9 Å². The monoisotopic (exact) mass is 328 g/mol. The smallest absolute Gasteiger partial charge is 0.303 e. The molecule has 4 N–H and O–H groups in total. The molecule has 5 nitrogen and oxygen atoms in total. The van der Waals surface area contributed by atoms with Crippen molar-refractivity contribution in [2.45, 2.75) is 19.8 Å². The maximum Gasteiger partial charge on any atom is 0.303 e. The Hall–Kier alpha value is -1.56. The van der Waals surface area contributed by atoms with Crippen LogP contribution in [0.2, 0.25) is 0 Å². The molecule has 0 spiro atoms. The first-order chi connectivity index (χ1) is 8.93. The molecule has 0 aliphatic heterocycles. The number of carboxylic acid groups (broad SMARTS) is 1. The van der Waals surface area contributed by atoms with Crippen molar-refractivity contribution in [1.82, 2.24) is 0 Å². The van der Waals surface area contributed by atoms with Crippen LogP contribution >= 0.6 is 15.9 Å². The number of benzene rings is 1. The van der Waals surface area contributed by atoms with E-state index < -0.39 is 11.9 Å². The van der Waals surface area contributed by atoms with Crippen molar-refractivity contribution in [2.24, 2.45) is 11.7 Å². The number of amides is 1. The van der Waals surface area contributed by atoms with Crippen LogP contribution in [0.15, 0.2) is 22.7 Å². The van der Waals surface area contributed by atoms with Gasteiger partial charge in [0.2, 0.25) is 0 Å². The summed E-state index contributed by atoms with van der Waals surface area (Å²) in [6, 6.07) is 5.13. The standard InChI is InChI=1S/C13H17BrN2O3/c1-2-8(5-12(17)18)7-16-11-6-9(14)3-4-10(11)13(15)19/h3-4,6,8,16H,2,5,7H2,1H3,(H2,15,19)(H,17,18). The van der Waals surface area contributed by atoms with Crippen LogP contribution in [0.5, 0.6) is 0 Å². The highest BCUT2D eigenvalue weighted by Gasteiger charge is 2.13. The number of carboxylic acids is 1. The second kappa shape index (κ2) is 7.13. The highest BCUT2D eigenvalue weighted by Crippen LogP contribution is 2.22. The van der Waals surface area contributed by atoms with Gasteiger partial charge in [0.15, 0.2) is 0 Å². The molecule has 6 heteroatoms. The van der Waals surface area contributed by atoms with Crippen molar-refractivity contribution in [3.63, 3.8) is 0 Å².